The van der Waals surface area contributed by atoms with Crippen LogP contribution in [0.5, 0.6) is 0 Å². The lowest BCUT2D eigenvalue weighted by Gasteiger charge is -2.10. The van der Waals surface area contributed by atoms with Crippen molar-refractivity contribution >= 4 is 17.3 Å². The topological polar surface area (TPSA) is 3.24 Å². The van der Waals surface area contributed by atoms with Gasteiger partial charge in [-0.2, -0.15) is 0 Å². The van der Waals surface area contributed by atoms with E-state index < -0.39 is 0 Å². The van der Waals surface area contributed by atoms with Gasteiger partial charge in [0.25, 0.3) is 0 Å². The van der Waals surface area contributed by atoms with Crippen LogP contribution in [0.3, 0.4) is 0 Å². The predicted octanol–water partition coefficient (Wildman–Crippen LogP) is 2.57. The van der Waals surface area contributed by atoms with Gasteiger partial charge in [0.1, 0.15) is 0 Å². The number of rotatable bonds is 1. The standard InChI is InChI=1S/C8H9ClN/c1-10(2)8-5-3-7(9)4-6-8/h3-6H,1H2,2H3. The first-order valence-corrected chi connectivity index (χ1v) is 3.38. The quantitative estimate of drug-likeness (QED) is 0.601. The summed E-state index contributed by atoms with van der Waals surface area (Å²) in [5.41, 5.74) is 1.06. The van der Waals surface area contributed by atoms with Crippen molar-refractivity contribution < 1.29 is 0 Å². The SMILES string of the molecule is [CH2]N(C)c1ccc(Cl)cc1. The molecule has 0 saturated heterocycles. The zero-order chi connectivity index (χ0) is 7.56. The summed E-state index contributed by atoms with van der Waals surface area (Å²) in [6.07, 6.45) is 0. The van der Waals surface area contributed by atoms with Crippen LogP contribution in [-0.2, 0) is 0 Å². The second-order valence-electron chi connectivity index (χ2n) is 2.17. The zero-order valence-corrected chi connectivity index (χ0v) is 6.60. The highest BCUT2D eigenvalue weighted by Crippen LogP contribution is 2.15. The molecule has 1 rings (SSSR count). The van der Waals surface area contributed by atoms with Gasteiger partial charge < -0.3 is 4.90 Å². The average molecular weight is 155 g/mol. The van der Waals surface area contributed by atoms with Gasteiger partial charge in [-0.05, 0) is 24.3 Å². The number of anilines is 1. The summed E-state index contributed by atoms with van der Waals surface area (Å²) < 4.78 is 0. The van der Waals surface area contributed by atoms with E-state index in [0.29, 0.717) is 0 Å². The lowest BCUT2D eigenvalue weighted by atomic mass is 10.3. The Morgan fingerprint density at radius 1 is 1.30 bits per heavy atom. The summed E-state index contributed by atoms with van der Waals surface area (Å²) in [4.78, 5) is 1.79. The lowest BCUT2D eigenvalue weighted by Crippen LogP contribution is -2.04. The molecule has 1 aromatic rings. The van der Waals surface area contributed by atoms with Crippen LogP contribution < -0.4 is 4.90 Å². The maximum Gasteiger partial charge on any atom is 0.0407 e. The molecule has 1 aromatic carbocycles. The molecule has 0 fully saturated rings. The summed E-state index contributed by atoms with van der Waals surface area (Å²) in [6, 6.07) is 7.54. The third-order valence-corrected chi connectivity index (χ3v) is 1.52. The van der Waals surface area contributed by atoms with Crippen LogP contribution in [0.1, 0.15) is 0 Å². The molecule has 0 aromatic heterocycles. The largest absolute Gasteiger partial charge is 0.373 e. The Bertz CT molecular complexity index is 203. The molecular weight excluding hydrogens is 146 g/mol. The Hall–Kier alpha value is -0.690. The number of nitrogens with zero attached hydrogens (tertiary/aromatic N) is 1. The van der Waals surface area contributed by atoms with Crippen LogP contribution in [0.4, 0.5) is 5.69 Å². The van der Waals surface area contributed by atoms with Gasteiger partial charge in [-0.1, -0.05) is 11.6 Å². The van der Waals surface area contributed by atoms with Crippen LogP contribution in [0.15, 0.2) is 24.3 Å². The molecule has 53 valence electrons. The first kappa shape index (κ1) is 7.42. The second kappa shape index (κ2) is 2.93. The van der Waals surface area contributed by atoms with Gasteiger partial charge in [-0.25, -0.2) is 0 Å². The molecule has 0 amide bonds. The molecule has 0 atom stereocenters. The summed E-state index contributed by atoms with van der Waals surface area (Å²) in [5.74, 6) is 0. The van der Waals surface area contributed by atoms with Crippen LogP contribution in [0, 0.1) is 7.05 Å². The van der Waals surface area contributed by atoms with E-state index in [4.69, 9.17) is 11.6 Å². The minimum Gasteiger partial charge on any atom is -0.373 e. The summed E-state index contributed by atoms with van der Waals surface area (Å²) in [7, 11) is 5.62. The molecule has 0 heterocycles. The second-order valence-corrected chi connectivity index (χ2v) is 2.61. The molecule has 0 aliphatic rings. The Kier molecular flexibility index (Phi) is 2.17. The molecule has 2 heteroatoms. The lowest BCUT2D eigenvalue weighted by molar-refractivity contribution is 1.20. The van der Waals surface area contributed by atoms with Gasteiger partial charge in [0, 0.05) is 24.8 Å². The fourth-order valence-corrected chi connectivity index (χ4v) is 0.822. The van der Waals surface area contributed by atoms with Crippen molar-refractivity contribution in [2.45, 2.75) is 0 Å². The summed E-state index contributed by atoms with van der Waals surface area (Å²) >= 11 is 5.68. The maximum absolute atomic E-state index is 5.68. The van der Waals surface area contributed by atoms with E-state index in [1.54, 1.807) is 4.90 Å². The molecule has 1 radical (unpaired) electrons. The Balaban J connectivity index is 2.89. The minimum absolute atomic E-state index is 0.755. The number of hydrogen-bond acceptors (Lipinski definition) is 1. The highest BCUT2D eigenvalue weighted by molar-refractivity contribution is 6.30. The van der Waals surface area contributed by atoms with Gasteiger partial charge >= 0.3 is 0 Å². The van der Waals surface area contributed by atoms with Crippen molar-refractivity contribution in [1.82, 2.24) is 0 Å². The third kappa shape index (κ3) is 1.64. The van der Waals surface area contributed by atoms with E-state index in [2.05, 4.69) is 7.05 Å². The van der Waals surface area contributed by atoms with E-state index >= 15 is 0 Å². The monoisotopic (exact) mass is 154 g/mol. The molecule has 0 saturated carbocycles. The molecule has 0 spiro atoms. The van der Waals surface area contributed by atoms with Gasteiger partial charge in [0.05, 0.1) is 0 Å². The van der Waals surface area contributed by atoms with Gasteiger partial charge in [-0.15, -0.1) is 0 Å². The van der Waals surface area contributed by atoms with Gasteiger partial charge in [0.2, 0.25) is 0 Å². The van der Waals surface area contributed by atoms with E-state index in [1.807, 2.05) is 31.3 Å². The van der Waals surface area contributed by atoms with Crippen molar-refractivity contribution in [2.75, 3.05) is 11.9 Å². The van der Waals surface area contributed by atoms with Crippen molar-refractivity contribution in [3.63, 3.8) is 0 Å². The first-order valence-electron chi connectivity index (χ1n) is 3.00. The van der Waals surface area contributed by atoms with E-state index in [1.165, 1.54) is 0 Å². The van der Waals surface area contributed by atoms with Gasteiger partial charge in [-0.3, -0.25) is 0 Å². The maximum atomic E-state index is 5.68. The van der Waals surface area contributed by atoms with Crippen molar-refractivity contribution in [3.05, 3.63) is 36.3 Å². The molecule has 0 aliphatic heterocycles. The molecule has 0 aliphatic carbocycles. The van der Waals surface area contributed by atoms with Crippen molar-refractivity contribution in [1.29, 1.82) is 0 Å². The fourth-order valence-electron chi connectivity index (χ4n) is 0.696. The molecule has 0 bridgehead atoms. The number of benzene rings is 1. The predicted molar refractivity (Wildman–Crippen MR) is 45.2 cm³/mol. The zero-order valence-electron chi connectivity index (χ0n) is 5.84. The Morgan fingerprint density at radius 3 is 2.20 bits per heavy atom. The highest BCUT2D eigenvalue weighted by atomic mass is 35.5. The molecule has 1 nitrogen and oxygen atoms in total. The van der Waals surface area contributed by atoms with Crippen LogP contribution in [-0.4, -0.2) is 7.05 Å². The molecule has 0 N–H and O–H groups in total. The molecule has 0 unspecified atom stereocenters. The van der Waals surface area contributed by atoms with Crippen LogP contribution in [0.2, 0.25) is 5.02 Å². The van der Waals surface area contributed by atoms with E-state index in [-0.39, 0.29) is 0 Å². The molecule has 10 heavy (non-hydrogen) atoms. The minimum atomic E-state index is 0.755. The smallest absolute Gasteiger partial charge is 0.0407 e. The third-order valence-electron chi connectivity index (χ3n) is 1.27. The summed E-state index contributed by atoms with van der Waals surface area (Å²) in [5, 5.41) is 0.755. The van der Waals surface area contributed by atoms with Crippen molar-refractivity contribution in [3.8, 4) is 0 Å². The normalized spacial score (nSPS) is 9.50. The fraction of sp³-hybridized carbons (Fsp3) is 0.125. The highest BCUT2D eigenvalue weighted by Gasteiger charge is 1.92. The number of hydrogen-bond donors (Lipinski definition) is 0. The van der Waals surface area contributed by atoms with Crippen LogP contribution >= 0.6 is 11.6 Å². The Labute approximate surface area is 66.2 Å². The van der Waals surface area contributed by atoms with E-state index in [9.17, 15) is 0 Å². The van der Waals surface area contributed by atoms with E-state index in [0.717, 1.165) is 10.7 Å². The van der Waals surface area contributed by atoms with Gasteiger partial charge in [0.15, 0.2) is 0 Å². The molecular formula is C8H9ClN. The number of halogens is 1. The summed E-state index contributed by atoms with van der Waals surface area (Å²) in [6.45, 7) is 0. The van der Waals surface area contributed by atoms with Crippen LogP contribution in [0.25, 0.3) is 0 Å². The average Bonchev–Trinajstić information content (AvgIpc) is 1.88. The Morgan fingerprint density at radius 2 is 1.80 bits per heavy atom. The van der Waals surface area contributed by atoms with Crippen molar-refractivity contribution in [2.24, 2.45) is 0 Å². The first-order chi connectivity index (χ1) is 4.70.